The molecule has 0 bridgehead atoms. The van der Waals surface area contributed by atoms with E-state index in [0.717, 1.165) is 45.0 Å². The highest BCUT2D eigenvalue weighted by atomic mass is 15.1. The minimum absolute atomic E-state index is 0.561. The number of hydrogen-bond acceptors (Lipinski definition) is 4. The van der Waals surface area contributed by atoms with E-state index < -0.39 is 0 Å². The number of hydrogen-bond donors (Lipinski definition) is 1. The molecule has 29 heavy (non-hydrogen) atoms. The predicted molar refractivity (Wildman–Crippen MR) is 118 cm³/mol. The summed E-state index contributed by atoms with van der Waals surface area (Å²) in [5, 5.41) is 3.33. The fourth-order valence-corrected chi connectivity index (χ4v) is 3.70. The van der Waals surface area contributed by atoms with Gasteiger partial charge < -0.3 is 5.32 Å². The Bertz CT molecular complexity index is 1200. The summed E-state index contributed by atoms with van der Waals surface area (Å²) in [6, 6.07) is 28.7. The van der Waals surface area contributed by atoms with E-state index in [4.69, 9.17) is 15.0 Å². The van der Waals surface area contributed by atoms with E-state index in [9.17, 15) is 0 Å². The lowest BCUT2D eigenvalue weighted by atomic mass is 9.95. The summed E-state index contributed by atoms with van der Waals surface area (Å²) in [6.45, 7) is 2.59. The third kappa shape index (κ3) is 3.29. The van der Waals surface area contributed by atoms with E-state index in [0.29, 0.717) is 12.5 Å². The maximum atomic E-state index is 4.97. The number of rotatable bonds is 3. The van der Waals surface area contributed by atoms with E-state index >= 15 is 0 Å². The predicted octanol–water partition coefficient (Wildman–Crippen LogP) is 5.55. The summed E-state index contributed by atoms with van der Waals surface area (Å²) >= 11 is 0. The number of aromatic nitrogens is 2. The highest BCUT2D eigenvalue weighted by molar-refractivity contribution is 6.16. The maximum absolute atomic E-state index is 4.97. The van der Waals surface area contributed by atoms with Crippen LogP contribution in [0.4, 0.5) is 11.6 Å². The van der Waals surface area contributed by atoms with Gasteiger partial charge in [-0.3, -0.25) is 4.99 Å². The van der Waals surface area contributed by atoms with Crippen LogP contribution in [0.5, 0.6) is 0 Å². The molecule has 3 aromatic carbocycles. The molecule has 5 rings (SSSR count). The Hall–Kier alpha value is -3.79. The van der Waals surface area contributed by atoms with Crippen LogP contribution in [-0.4, -0.2) is 15.7 Å². The molecule has 1 aliphatic rings. The summed E-state index contributed by atoms with van der Waals surface area (Å²) < 4.78 is 0. The Morgan fingerprint density at radius 3 is 2.14 bits per heavy atom. The summed E-state index contributed by atoms with van der Waals surface area (Å²) in [5.74, 6) is 0.602. The van der Waals surface area contributed by atoms with Crippen LogP contribution in [0, 0.1) is 6.92 Å². The second-order valence-electron chi connectivity index (χ2n) is 7.03. The number of anilines is 2. The van der Waals surface area contributed by atoms with Gasteiger partial charge in [0.05, 0.1) is 18.0 Å². The molecule has 1 N–H and O–H groups in total. The number of aliphatic imine (C=N–C) groups is 1. The highest BCUT2D eigenvalue weighted by Crippen LogP contribution is 2.33. The van der Waals surface area contributed by atoms with Crippen molar-refractivity contribution in [2.75, 3.05) is 5.32 Å². The number of fused-ring (bicyclic) bond motifs is 3. The first kappa shape index (κ1) is 17.3. The molecular weight excluding hydrogens is 356 g/mol. The molecule has 0 radical (unpaired) electrons. The maximum Gasteiger partial charge on any atom is 0.228 e. The molecule has 2 heterocycles. The molecule has 0 aliphatic carbocycles. The van der Waals surface area contributed by atoms with Gasteiger partial charge in [-0.05, 0) is 19.1 Å². The van der Waals surface area contributed by atoms with Crippen LogP contribution < -0.4 is 5.32 Å². The Morgan fingerprint density at radius 2 is 1.38 bits per heavy atom. The van der Waals surface area contributed by atoms with Crippen molar-refractivity contribution in [3.05, 3.63) is 107 Å². The van der Waals surface area contributed by atoms with Crippen molar-refractivity contribution >= 4 is 17.3 Å². The van der Waals surface area contributed by atoms with Crippen molar-refractivity contribution in [3.63, 3.8) is 0 Å². The van der Waals surface area contributed by atoms with Gasteiger partial charge in [-0.1, -0.05) is 72.8 Å². The van der Waals surface area contributed by atoms with Gasteiger partial charge in [0.2, 0.25) is 5.95 Å². The average molecular weight is 376 g/mol. The van der Waals surface area contributed by atoms with Crippen molar-refractivity contribution in [1.29, 1.82) is 0 Å². The summed E-state index contributed by atoms with van der Waals surface area (Å²) in [7, 11) is 0. The fourth-order valence-electron chi connectivity index (χ4n) is 3.70. The molecule has 140 valence electrons. The first-order chi connectivity index (χ1) is 14.3. The van der Waals surface area contributed by atoms with Crippen molar-refractivity contribution < 1.29 is 0 Å². The zero-order valence-corrected chi connectivity index (χ0v) is 16.1. The van der Waals surface area contributed by atoms with Crippen molar-refractivity contribution in [3.8, 4) is 11.3 Å². The largest absolute Gasteiger partial charge is 0.324 e. The van der Waals surface area contributed by atoms with E-state index in [1.54, 1.807) is 0 Å². The van der Waals surface area contributed by atoms with Crippen LogP contribution in [0.2, 0.25) is 0 Å². The molecular formula is C25H20N4. The van der Waals surface area contributed by atoms with Gasteiger partial charge >= 0.3 is 0 Å². The zero-order valence-electron chi connectivity index (χ0n) is 16.1. The highest BCUT2D eigenvalue weighted by Gasteiger charge is 2.22. The standard InChI is InChI=1S/C25H20N4/c1-17-22-16-26-23(18-10-4-2-5-11-18)20-14-8-9-15-21(20)24(22)29-25(27-17)28-19-12-6-3-7-13-19/h2-15H,16H2,1H3,(H,27,28,29). The van der Waals surface area contributed by atoms with Crippen LogP contribution in [0.15, 0.2) is 89.9 Å². The van der Waals surface area contributed by atoms with Gasteiger partial charge in [0, 0.05) is 33.6 Å². The molecule has 4 nitrogen and oxygen atoms in total. The van der Waals surface area contributed by atoms with Gasteiger partial charge in [0.1, 0.15) is 0 Å². The van der Waals surface area contributed by atoms with Crippen LogP contribution >= 0.6 is 0 Å². The number of nitrogens with one attached hydrogen (secondary N) is 1. The van der Waals surface area contributed by atoms with E-state index in [2.05, 4.69) is 41.7 Å². The monoisotopic (exact) mass is 376 g/mol. The molecule has 0 atom stereocenters. The van der Waals surface area contributed by atoms with Gasteiger partial charge in [0.15, 0.2) is 0 Å². The lowest BCUT2D eigenvalue weighted by Gasteiger charge is -2.13. The molecule has 0 fully saturated rings. The quantitative estimate of drug-likeness (QED) is 0.510. The van der Waals surface area contributed by atoms with Gasteiger partial charge in [-0.2, -0.15) is 0 Å². The Labute approximate surface area is 170 Å². The van der Waals surface area contributed by atoms with E-state index in [1.165, 1.54) is 0 Å². The van der Waals surface area contributed by atoms with Crippen LogP contribution in [0.3, 0.4) is 0 Å². The minimum Gasteiger partial charge on any atom is -0.324 e. The molecule has 0 spiro atoms. The SMILES string of the molecule is Cc1nc(Nc2ccccc2)nc2c1CN=C(c1ccccc1)c1ccccc1-2. The minimum atomic E-state index is 0.561. The number of para-hydroxylation sites is 1. The van der Waals surface area contributed by atoms with Crippen molar-refractivity contribution in [2.45, 2.75) is 13.5 Å². The summed E-state index contributed by atoms with van der Waals surface area (Å²) in [5.41, 5.74) is 8.22. The normalized spacial score (nSPS) is 12.4. The molecule has 0 saturated carbocycles. The van der Waals surface area contributed by atoms with Crippen LogP contribution in [0.1, 0.15) is 22.4 Å². The number of aryl methyl sites for hydroxylation is 1. The van der Waals surface area contributed by atoms with E-state index in [-0.39, 0.29) is 0 Å². The van der Waals surface area contributed by atoms with E-state index in [1.807, 2.05) is 55.5 Å². The second kappa shape index (κ2) is 7.32. The van der Waals surface area contributed by atoms with Crippen LogP contribution in [-0.2, 0) is 6.54 Å². The Morgan fingerprint density at radius 1 is 0.724 bits per heavy atom. The lowest BCUT2D eigenvalue weighted by Crippen LogP contribution is -2.05. The van der Waals surface area contributed by atoms with Crippen molar-refractivity contribution in [2.24, 2.45) is 4.99 Å². The van der Waals surface area contributed by atoms with Gasteiger partial charge in [0.25, 0.3) is 0 Å². The fraction of sp³-hybridized carbons (Fsp3) is 0.0800. The molecule has 0 saturated heterocycles. The summed E-state index contributed by atoms with van der Waals surface area (Å²) in [4.78, 5) is 14.6. The Balaban J connectivity index is 1.65. The molecule has 0 amide bonds. The second-order valence-corrected chi connectivity index (χ2v) is 7.03. The molecule has 1 aliphatic heterocycles. The molecule has 0 unspecified atom stereocenters. The number of benzene rings is 3. The topological polar surface area (TPSA) is 50.2 Å². The first-order valence-electron chi connectivity index (χ1n) is 9.69. The first-order valence-corrected chi connectivity index (χ1v) is 9.69. The van der Waals surface area contributed by atoms with Gasteiger partial charge in [-0.15, -0.1) is 0 Å². The van der Waals surface area contributed by atoms with Crippen LogP contribution in [0.25, 0.3) is 11.3 Å². The third-order valence-corrected chi connectivity index (χ3v) is 5.12. The summed E-state index contributed by atoms with van der Waals surface area (Å²) in [6.07, 6.45) is 0. The molecule has 1 aromatic heterocycles. The number of nitrogens with zero attached hydrogens (tertiary/aromatic N) is 3. The third-order valence-electron chi connectivity index (χ3n) is 5.12. The molecule has 4 aromatic rings. The smallest absolute Gasteiger partial charge is 0.228 e. The average Bonchev–Trinajstić information content (AvgIpc) is 2.93. The lowest BCUT2D eigenvalue weighted by molar-refractivity contribution is 0.984. The van der Waals surface area contributed by atoms with Gasteiger partial charge in [-0.25, -0.2) is 9.97 Å². The van der Waals surface area contributed by atoms with Crippen molar-refractivity contribution in [1.82, 2.24) is 9.97 Å². The zero-order chi connectivity index (χ0) is 19.6. The Kier molecular flexibility index (Phi) is 4.37. The molecule has 4 heteroatoms.